The van der Waals surface area contributed by atoms with Gasteiger partial charge in [-0.3, -0.25) is 0 Å². The van der Waals surface area contributed by atoms with E-state index in [1.807, 2.05) is 20.8 Å². The van der Waals surface area contributed by atoms with Gasteiger partial charge in [-0.25, -0.2) is 9.69 Å². The number of nitrogens with two attached hydrogens (primary N) is 1. The molecule has 7 heteroatoms. The van der Waals surface area contributed by atoms with E-state index >= 15 is 0 Å². The van der Waals surface area contributed by atoms with E-state index in [0.29, 0.717) is 29.9 Å². The van der Waals surface area contributed by atoms with Crippen molar-refractivity contribution in [1.29, 1.82) is 0 Å². The van der Waals surface area contributed by atoms with Crippen molar-refractivity contribution >= 4 is 11.8 Å². The number of aliphatic hydroxyl groups excluding tert-OH is 2. The third-order valence-electron chi connectivity index (χ3n) is 4.17. The number of amides is 1. The van der Waals surface area contributed by atoms with Crippen LogP contribution in [0.25, 0.3) is 0 Å². The van der Waals surface area contributed by atoms with Gasteiger partial charge in [0.25, 0.3) is 0 Å². The average molecular weight is 321 g/mol. The second-order valence-corrected chi connectivity index (χ2v) is 7.12. The summed E-state index contributed by atoms with van der Waals surface area (Å²) in [6.45, 7) is 6.27. The van der Waals surface area contributed by atoms with Gasteiger partial charge in [-0.05, 0) is 32.9 Å². The van der Waals surface area contributed by atoms with Crippen LogP contribution in [0.1, 0.15) is 44.4 Å². The van der Waals surface area contributed by atoms with E-state index in [-0.39, 0.29) is 12.1 Å². The standard InChI is InChI=1S/C16H23N3O4/c1-16(2,3)23-15(22)18-7-10(8-18)19-13(20)11-5-4-9(17)6-12(11)14(19)21/h4-6,10,13-14,20-21H,7-8,17H2,1-3H3. The number of aliphatic hydroxyl groups is 2. The fourth-order valence-electron chi connectivity index (χ4n) is 3.03. The monoisotopic (exact) mass is 321 g/mol. The number of carbonyl (C=O) groups excluding carboxylic acids is 1. The van der Waals surface area contributed by atoms with E-state index in [4.69, 9.17) is 10.5 Å². The van der Waals surface area contributed by atoms with E-state index in [2.05, 4.69) is 0 Å². The average Bonchev–Trinajstić information content (AvgIpc) is 2.60. The topological polar surface area (TPSA) is 99.3 Å². The fourth-order valence-corrected chi connectivity index (χ4v) is 3.03. The van der Waals surface area contributed by atoms with Gasteiger partial charge in [0.2, 0.25) is 0 Å². The van der Waals surface area contributed by atoms with Crippen LogP contribution in [-0.2, 0) is 4.74 Å². The Kier molecular flexibility index (Phi) is 3.74. The third-order valence-corrected chi connectivity index (χ3v) is 4.17. The number of hydrogen-bond acceptors (Lipinski definition) is 6. The highest BCUT2D eigenvalue weighted by atomic mass is 16.6. The molecule has 2 aliphatic heterocycles. The third kappa shape index (κ3) is 2.87. The molecule has 3 rings (SSSR count). The lowest BCUT2D eigenvalue weighted by atomic mass is 10.1. The molecular formula is C16H23N3O4. The highest BCUT2D eigenvalue weighted by Gasteiger charge is 2.46. The minimum Gasteiger partial charge on any atom is -0.444 e. The summed E-state index contributed by atoms with van der Waals surface area (Å²) < 4.78 is 5.31. The number of benzene rings is 1. The van der Waals surface area contributed by atoms with Crippen LogP contribution in [0.5, 0.6) is 0 Å². The Morgan fingerprint density at radius 1 is 1.22 bits per heavy atom. The number of ether oxygens (including phenoxy) is 1. The minimum atomic E-state index is -0.922. The molecule has 7 nitrogen and oxygen atoms in total. The second kappa shape index (κ2) is 5.36. The molecule has 2 atom stereocenters. The highest BCUT2D eigenvalue weighted by molar-refractivity contribution is 5.69. The first-order chi connectivity index (χ1) is 10.7. The molecule has 1 saturated heterocycles. The van der Waals surface area contributed by atoms with Crippen LogP contribution >= 0.6 is 0 Å². The largest absolute Gasteiger partial charge is 0.444 e. The normalized spacial score (nSPS) is 25.2. The molecule has 1 aromatic rings. The number of nitrogen functional groups attached to an aromatic ring is 1. The molecule has 0 saturated carbocycles. The number of rotatable bonds is 1. The number of anilines is 1. The van der Waals surface area contributed by atoms with E-state index in [1.165, 1.54) is 0 Å². The Morgan fingerprint density at radius 3 is 2.43 bits per heavy atom. The quantitative estimate of drug-likeness (QED) is 0.672. The molecule has 23 heavy (non-hydrogen) atoms. The first-order valence-electron chi connectivity index (χ1n) is 7.68. The van der Waals surface area contributed by atoms with Gasteiger partial charge in [0.1, 0.15) is 18.1 Å². The molecule has 0 aliphatic carbocycles. The van der Waals surface area contributed by atoms with Crippen LogP contribution in [0.4, 0.5) is 10.5 Å². The lowest BCUT2D eigenvalue weighted by Gasteiger charge is -2.46. The lowest BCUT2D eigenvalue weighted by Crippen LogP contribution is -2.61. The Bertz CT molecular complexity index is 622. The van der Waals surface area contributed by atoms with Crippen LogP contribution in [0.15, 0.2) is 18.2 Å². The van der Waals surface area contributed by atoms with Crippen molar-refractivity contribution < 1.29 is 19.7 Å². The van der Waals surface area contributed by atoms with Crippen LogP contribution < -0.4 is 5.73 Å². The molecule has 0 bridgehead atoms. The van der Waals surface area contributed by atoms with Crippen LogP contribution in [0.3, 0.4) is 0 Å². The summed E-state index contributed by atoms with van der Waals surface area (Å²) in [7, 11) is 0. The van der Waals surface area contributed by atoms with Crippen molar-refractivity contribution in [1.82, 2.24) is 9.80 Å². The van der Waals surface area contributed by atoms with Crippen molar-refractivity contribution in [3.05, 3.63) is 29.3 Å². The number of hydrogen-bond donors (Lipinski definition) is 3. The van der Waals surface area contributed by atoms with Crippen molar-refractivity contribution in [2.75, 3.05) is 18.8 Å². The molecule has 1 fully saturated rings. The van der Waals surface area contributed by atoms with Gasteiger partial charge in [-0.15, -0.1) is 0 Å². The maximum atomic E-state index is 12.0. The first-order valence-corrected chi connectivity index (χ1v) is 7.68. The van der Waals surface area contributed by atoms with E-state index < -0.39 is 18.1 Å². The van der Waals surface area contributed by atoms with Gasteiger partial charge in [0.15, 0.2) is 0 Å². The van der Waals surface area contributed by atoms with Crippen LogP contribution in [-0.4, -0.2) is 50.8 Å². The van der Waals surface area contributed by atoms with Gasteiger partial charge in [0, 0.05) is 29.9 Å². The Hall–Kier alpha value is -1.83. The molecule has 1 amide bonds. The van der Waals surface area contributed by atoms with Gasteiger partial charge < -0.3 is 25.6 Å². The minimum absolute atomic E-state index is 0.124. The first kappa shape index (κ1) is 16.0. The molecule has 0 aromatic heterocycles. The SMILES string of the molecule is CC(C)(C)OC(=O)N1CC(N2C(O)c3ccc(N)cc3C2O)C1. The predicted octanol–water partition coefficient (Wildman–Crippen LogP) is 1.19. The molecular weight excluding hydrogens is 298 g/mol. The zero-order valence-electron chi connectivity index (χ0n) is 13.6. The van der Waals surface area contributed by atoms with E-state index in [1.54, 1.807) is 28.0 Å². The molecule has 0 radical (unpaired) electrons. The van der Waals surface area contributed by atoms with E-state index in [9.17, 15) is 15.0 Å². The summed E-state index contributed by atoms with van der Waals surface area (Å²) in [5, 5.41) is 20.9. The van der Waals surface area contributed by atoms with Crippen molar-refractivity contribution in [3.8, 4) is 0 Å². The number of likely N-dealkylation sites (tertiary alicyclic amines) is 1. The maximum Gasteiger partial charge on any atom is 0.410 e. The Morgan fingerprint density at radius 2 is 1.83 bits per heavy atom. The molecule has 2 unspecified atom stereocenters. The molecule has 0 spiro atoms. The van der Waals surface area contributed by atoms with Gasteiger partial charge in [-0.2, -0.15) is 0 Å². The number of fused-ring (bicyclic) bond motifs is 1. The van der Waals surface area contributed by atoms with E-state index in [0.717, 1.165) is 0 Å². The molecule has 2 aliphatic rings. The Labute approximate surface area is 135 Å². The summed E-state index contributed by atoms with van der Waals surface area (Å²) in [6.07, 6.45) is -2.20. The summed E-state index contributed by atoms with van der Waals surface area (Å²) in [4.78, 5) is 15.1. The van der Waals surface area contributed by atoms with Crippen molar-refractivity contribution in [2.45, 2.75) is 44.9 Å². The summed E-state index contributed by atoms with van der Waals surface area (Å²) >= 11 is 0. The Balaban J connectivity index is 1.66. The van der Waals surface area contributed by atoms with Crippen molar-refractivity contribution in [2.24, 2.45) is 0 Å². The second-order valence-electron chi connectivity index (χ2n) is 7.12. The van der Waals surface area contributed by atoms with Gasteiger partial charge in [0.05, 0.1) is 6.04 Å². The number of nitrogens with zero attached hydrogens (tertiary/aromatic N) is 2. The highest BCUT2D eigenvalue weighted by Crippen LogP contribution is 2.42. The van der Waals surface area contributed by atoms with Crippen LogP contribution in [0.2, 0.25) is 0 Å². The molecule has 4 N–H and O–H groups in total. The van der Waals surface area contributed by atoms with Crippen LogP contribution in [0, 0.1) is 0 Å². The molecule has 1 aromatic carbocycles. The number of carbonyl (C=O) groups is 1. The fraction of sp³-hybridized carbons (Fsp3) is 0.562. The zero-order chi connectivity index (χ0) is 16.9. The predicted molar refractivity (Wildman–Crippen MR) is 84.2 cm³/mol. The van der Waals surface area contributed by atoms with Gasteiger partial charge >= 0.3 is 6.09 Å². The van der Waals surface area contributed by atoms with Gasteiger partial charge in [-0.1, -0.05) is 6.07 Å². The lowest BCUT2D eigenvalue weighted by molar-refractivity contribution is -0.140. The molecule has 2 heterocycles. The smallest absolute Gasteiger partial charge is 0.410 e. The zero-order valence-corrected chi connectivity index (χ0v) is 13.6. The molecule has 126 valence electrons. The summed E-state index contributed by atoms with van der Waals surface area (Å²) in [5.74, 6) is 0. The van der Waals surface area contributed by atoms with Crippen molar-refractivity contribution in [3.63, 3.8) is 0 Å². The summed E-state index contributed by atoms with van der Waals surface area (Å²) in [5.41, 5.74) is 7.02. The summed E-state index contributed by atoms with van der Waals surface area (Å²) in [6, 6.07) is 4.98. The maximum absolute atomic E-state index is 12.0.